The van der Waals surface area contributed by atoms with Crippen LogP contribution in [0.3, 0.4) is 0 Å². The van der Waals surface area contributed by atoms with Crippen molar-refractivity contribution in [3.8, 4) is 5.75 Å². The Kier molecular flexibility index (Phi) is 8.47. The average molecular weight is 324 g/mol. The molecule has 0 spiro atoms. The fourth-order valence-corrected chi connectivity index (χ4v) is 1.97. The maximum Gasteiger partial charge on any atom is 0.257 e. The number of benzene rings is 1. The number of aliphatic hydroxyl groups excluding tert-OH is 1. The van der Waals surface area contributed by atoms with Crippen LogP contribution in [0, 0.1) is 0 Å². The summed E-state index contributed by atoms with van der Waals surface area (Å²) in [5, 5.41) is 14.8. The average Bonchev–Trinajstić information content (AvgIpc) is 2.53. The molecule has 122 valence electrons. The quantitative estimate of drug-likeness (QED) is 0.505. The Balaban J connectivity index is 2.49. The fraction of sp³-hybridized carbons (Fsp3) is 0.500. The molecule has 22 heavy (non-hydrogen) atoms. The Hall–Kier alpha value is -1.66. The zero-order valence-electron chi connectivity index (χ0n) is 13.1. The molecule has 0 aliphatic carbocycles. The Morgan fingerprint density at radius 2 is 2.00 bits per heavy atom. The summed E-state index contributed by atoms with van der Waals surface area (Å²) in [6, 6.07) is 6.78. The van der Waals surface area contributed by atoms with E-state index in [1.54, 1.807) is 24.3 Å². The lowest BCUT2D eigenvalue weighted by atomic mass is 10.2. The van der Waals surface area contributed by atoms with Crippen molar-refractivity contribution in [3.63, 3.8) is 0 Å². The smallest absolute Gasteiger partial charge is 0.257 e. The highest BCUT2D eigenvalue weighted by Gasteiger charge is 2.11. The lowest BCUT2D eigenvalue weighted by molar-refractivity contribution is 0.0976. The lowest BCUT2D eigenvalue weighted by Gasteiger charge is -2.16. The topological polar surface area (TPSA) is 70.6 Å². The Morgan fingerprint density at radius 3 is 2.55 bits per heavy atom. The Labute approximate surface area is 137 Å². The summed E-state index contributed by atoms with van der Waals surface area (Å²) in [5.41, 5.74) is 0.504. The van der Waals surface area contributed by atoms with Crippen molar-refractivity contribution >= 4 is 23.2 Å². The molecule has 0 radical (unpaired) electrons. The first-order chi connectivity index (χ1) is 10.6. The van der Waals surface area contributed by atoms with Gasteiger partial charge in [-0.25, -0.2) is 0 Å². The molecule has 0 aliphatic heterocycles. The van der Waals surface area contributed by atoms with Crippen LogP contribution in [0.15, 0.2) is 24.3 Å². The first-order valence-electron chi connectivity index (χ1n) is 7.56. The molecule has 1 rings (SSSR count). The number of aliphatic hydroxyl groups is 1. The summed E-state index contributed by atoms with van der Waals surface area (Å²) < 4.78 is 5.55. The van der Waals surface area contributed by atoms with E-state index in [1.165, 1.54) is 0 Å². The highest BCUT2D eigenvalue weighted by molar-refractivity contribution is 7.80. The van der Waals surface area contributed by atoms with Crippen molar-refractivity contribution in [2.45, 2.75) is 39.2 Å². The summed E-state index contributed by atoms with van der Waals surface area (Å²) in [7, 11) is 0. The summed E-state index contributed by atoms with van der Waals surface area (Å²) >= 11 is 5.06. The summed E-state index contributed by atoms with van der Waals surface area (Å²) in [4.78, 5) is 12.0. The molecule has 1 aromatic rings. The molecular formula is C16H24N2O3S. The largest absolute Gasteiger partial charge is 0.494 e. The zero-order chi connectivity index (χ0) is 16.4. The van der Waals surface area contributed by atoms with Gasteiger partial charge in [-0.05, 0) is 49.3 Å². The van der Waals surface area contributed by atoms with E-state index in [9.17, 15) is 4.79 Å². The number of rotatable bonds is 8. The third-order valence-corrected chi connectivity index (χ3v) is 3.38. The van der Waals surface area contributed by atoms with Gasteiger partial charge in [0.2, 0.25) is 0 Å². The third kappa shape index (κ3) is 6.41. The van der Waals surface area contributed by atoms with Crippen LogP contribution in [-0.4, -0.2) is 35.4 Å². The number of hydrogen-bond acceptors (Lipinski definition) is 4. The van der Waals surface area contributed by atoms with E-state index in [0.29, 0.717) is 12.2 Å². The number of carbonyl (C=O) groups is 1. The monoisotopic (exact) mass is 324 g/mol. The van der Waals surface area contributed by atoms with Gasteiger partial charge < -0.3 is 15.2 Å². The van der Waals surface area contributed by atoms with Crippen LogP contribution in [0.5, 0.6) is 5.75 Å². The molecule has 1 atom stereocenters. The number of nitrogens with one attached hydrogen (secondary N) is 2. The van der Waals surface area contributed by atoms with E-state index in [1.807, 2.05) is 6.92 Å². The summed E-state index contributed by atoms with van der Waals surface area (Å²) in [6.07, 6.45) is 2.81. The minimum atomic E-state index is -0.287. The highest BCUT2D eigenvalue weighted by Crippen LogP contribution is 2.12. The van der Waals surface area contributed by atoms with Crippen molar-refractivity contribution in [1.82, 2.24) is 10.6 Å². The van der Waals surface area contributed by atoms with Crippen molar-refractivity contribution < 1.29 is 14.6 Å². The molecule has 1 aromatic carbocycles. The standard InChI is InChI=1S/C16H24N2O3S/c1-3-5-10-21-14-8-6-12(7-9-14)15(20)18-16(22)17-13(4-2)11-19/h6-9,13,19H,3-5,10-11H2,1-2H3,(H2,17,18,20,22). The normalized spacial score (nSPS) is 11.6. The molecule has 0 bridgehead atoms. The van der Waals surface area contributed by atoms with Gasteiger partial charge in [-0.3, -0.25) is 10.1 Å². The molecular weight excluding hydrogens is 300 g/mol. The van der Waals surface area contributed by atoms with Gasteiger partial charge in [0.25, 0.3) is 5.91 Å². The molecule has 1 unspecified atom stereocenters. The van der Waals surface area contributed by atoms with Crippen molar-refractivity contribution in [3.05, 3.63) is 29.8 Å². The van der Waals surface area contributed by atoms with E-state index in [0.717, 1.165) is 25.0 Å². The van der Waals surface area contributed by atoms with Gasteiger partial charge in [0.05, 0.1) is 19.3 Å². The number of carbonyl (C=O) groups excluding carboxylic acids is 1. The van der Waals surface area contributed by atoms with Crippen molar-refractivity contribution in [2.75, 3.05) is 13.2 Å². The Morgan fingerprint density at radius 1 is 1.32 bits per heavy atom. The maximum absolute atomic E-state index is 12.0. The molecule has 1 amide bonds. The number of thiocarbonyl (C=S) groups is 1. The van der Waals surface area contributed by atoms with Gasteiger partial charge in [0, 0.05) is 5.56 Å². The van der Waals surface area contributed by atoms with E-state index >= 15 is 0 Å². The Bertz CT molecular complexity index is 473. The van der Waals surface area contributed by atoms with Crippen LogP contribution in [-0.2, 0) is 0 Å². The van der Waals surface area contributed by atoms with E-state index in [2.05, 4.69) is 17.6 Å². The number of ether oxygens (including phenoxy) is 1. The second-order valence-electron chi connectivity index (χ2n) is 4.94. The molecule has 6 heteroatoms. The molecule has 0 saturated heterocycles. The van der Waals surface area contributed by atoms with E-state index in [4.69, 9.17) is 22.1 Å². The summed E-state index contributed by atoms with van der Waals surface area (Å²) in [5.74, 6) is 0.461. The molecule has 0 heterocycles. The predicted molar refractivity (Wildman–Crippen MR) is 91.2 cm³/mol. The van der Waals surface area contributed by atoms with Gasteiger partial charge >= 0.3 is 0 Å². The summed E-state index contributed by atoms with van der Waals surface area (Å²) in [6.45, 7) is 4.68. The highest BCUT2D eigenvalue weighted by atomic mass is 32.1. The van der Waals surface area contributed by atoms with E-state index in [-0.39, 0.29) is 23.7 Å². The number of unbranched alkanes of at least 4 members (excludes halogenated alkanes) is 1. The molecule has 0 saturated carbocycles. The molecule has 5 nitrogen and oxygen atoms in total. The predicted octanol–water partition coefficient (Wildman–Crippen LogP) is 2.24. The van der Waals surface area contributed by atoms with Gasteiger partial charge in [-0.15, -0.1) is 0 Å². The van der Waals surface area contributed by atoms with Crippen LogP contribution in [0.25, 0.3) is 0 Å². The minimum absolute atomic E-state index is 0.0314. The number of hydrogen-bond donors (Lipinski definition) is 3. The lowest BCUT2D eigenvalue weighted by Crippen LogP contribution is -2.45. The minimum Gasteiger partial charge on any atom is -0.494 e. The SMILES string of the molecule is CCCCOc1ccc(C(=O)NC(=S)NC(CC)CO)cc1. The van der Waals surface area contributed by atoms with Gasteiger partial charge in [0.15, 0.2) is 5.11 Å². The first kappa shape index (κ1) is 18.4. The number of amides is 1. The third-order valence-electron chi connectivity index (χ3n) is 3.16. The second-order valence-corrected chi connectivity index (χ2v) is 5.35. The van der Waals surface area contributed by atoms with E-state index < -0.39 is 0 Å². The van der Waals surface area contributed by atoms with Crippen LogP contribution >= 0.6 is 12.2 Å². The van der Waals surface area contributed by atoms with Gasteiger partial charge in [-0.1, -0.05) is 20.3 Å². The molecule has 3 N–H and O–H groups in total. The van der Waals surface area contributed by atoms with Crippen LogP contribution in [0.2, 0.25) is 0 Å². The van der Waals surface area contributed by atoms with Crippen LogP contribution in [0.1, 0.15) is 43.5 Å². The van der Waals surface area contributed by atoms with Crippen molar-refractivity contribution in [1.29, 1.82) is 0 Å². The fourth-order valence-electron chi connectivity index (χ4n) is 1.71. The second kappa shape index (κ2) is 10.1. The van der Waals surface area contributed by atoms with Crippen LogP contribution in [0.4, 0.5) is 0 Å². The maximum atomic E-state index is 12.0. The first-order valence-corrected chi connectivity index (χ1v) is 7.97. The van der Waals surface area contributed by atoms with Gasteiger partial charge in [0.1, 0.15) is 5.75 Å². The zero-order valence-corrected chi connectivity index (χ0v) is 13.9. The molecule has 0 aromatic heterocycles. The molecule has 0 fully saturated rings. The van der Waals surface area contributed by atoms with Gasteiger partial charge in [-0.2, -0.15) is 0 Å². The van der Waals surface area contributed by atoms with Crippen molar-refractivity contribution in [2.24, 2.45) is 0 Å². The molecule has 0 aliphatic rings. The van der Waals surface area contributed by atoms with Crippen LogP contribution < -0.4 is 15.4 Å².